The van der Waals surface area contributed by atoms with Crippen LogP contribution < -0.4 is 5.32 Å². The summed E-state index contributed by atoms with van der Waals surface area (Å²) in [5.41, 5.74) is 1.24. The van der Waals surface area contributed by atoms with Crippen LogP contribution in [0.1, 0.15) is 31.9 Å². The Morgan fingerprint density at radius 2 is 1.93 bits per heavy atom. The van der Waals surface area contributed by atoms with Gasteiger partial charge in [0, 0.05) is 16.6 Å². The molecule has 1 unspecified atom stereocenters. The molecule has 1 N–H and O–H groups in total. The maximum absolute atomic E-state index is 8.56. The van der Waals surface area contributed by atoms with E-state index in [0.29, 0.717) is 6.42 Å². The Balaban J connectivity index is 2.57. The summed E-state index contributed by atoms with van der Waals surface area (Å²) in [7, 11) is 0. The highest BCUT2D eigenvalue weighted by molar-refractivity contribution is 9.10. The van der Waals surface area contributed by atoms with E-state index in [1.165, 1.54) is 5.56 Å². The molecule has 0 spiro atoms. The fraction of sp³-hybridized carbons (Fsp3) is 0.417. The number of nitrogens with zero attached hydrogens (tertiary/aromatic N) is 1. The Labute approximate surface area is 99.4 Å². The van der Waals surface area contributed by atoms with E-state index in [0.717, 1.165) is 4.47 Å². The number of halogens is 1. The van der Waals surface area contributed by atoms with E-state index in [1.807, 2.05) is 19.1 Å². The van der Waals surface area contributed by atoms with E-state index in [2.05, 4.69) is 46.4 Å². The molecular weight excluding hydrogens is 252 g/mol. The van der Waals surface area contributed by atoms with Gasteiger partial charge < -0.3 is 5.32 Å². The molecule has 0 heterocycles. The monoisotopic (exact) mass is 266 g/mol. The molecule has 0 aromatic heterocycles. The molecule has 0 aliphatic rings. The summed E-state index contributed by atoms with van der Waals surface area (Å²) in [5.74, 6) is 0. The molecule has 3 heteroatoms. The van der Waals surface area contributed by atoms with Crippen LogP contribution in [0.3, 0.4) is 0 Å². The zero-order chi connectivity index (χ0) is 11.3. The van der Waals surface area contributed by atoms with Gasteiger partial charge in [-0.05, 0) is 31.5 Å². The highest BCUT2D eigenvalue weighted by Gasteiger charge is 2.08. The number of benzene rings is 1. The van der Waals surface area contributed by atoms with Crippen molar-refractivity contribution in [3.05, 3.63) is 34.3 Å². The molecule has 15 heavy (non-hydrogen) atoms. The zero-order valence-electron chi connectivity index (χ0n) is 9.00. The van der Waals surface area contributed by atoms with E-state index in [4.69, 9.17) is 5.26 Å². The Hall–Kier alpha value is -0.850. The fourth-order valence-corrected chi connectivity index (χ4v) is 1.73. The molecule has 0 aliphatic heterocycles. The lowest BCUT2D eigenvalue weighted by Gasteiger charge is -2.18. The second kappa shape index (κ2) is 5.89. The first kappa shape index (κ1) is 12.2. The first-order chi connectivity index (χ1) is 7.13. The maximum atomic E-state index is 8.56. The molecule has 0 saturated heterocycles. The summed E-state index contributed by atoms with van der Waals surface area (Å²) in [6, 6.07) is 10.9. The lowest BCUT2D eigenvalue weighted by atomic mass is 10.1. The fourth-order valence-electron chi connectivity index (χ4n) is 1.47. The zero-order valence-corrected chi connectivity index (χ0v) is 10.6. The summed E-state index contributed by atoms with van der Waals surface area (Å²) in [6.45, 7) is 4.13. The smallest absolute Gasteiger partial charge is 0.0638 e. The van der Waals surface area contributed by atoms with Gasteiger partial charge in [0.05, 0.1) is 12.5 Å². The first-order valence-electron chi connectivity index (χ1n) is 5.02. The molecule has 80 valence electrons. The lowest BCUT2D eigenvalue weighted by molar-refractivity contribution is 0.485. The van der Waals surface area contributed by atoms with Crippen LogP contribution in [-0.2, 0) is 0 Å². The Kier molecular flexibility index (Phi) is 4.80. The van der Waals surface area contributed by atoms with Crippen LogP contribution in [0.2, 0.25) is 0 Å². The van der Waals surface area contributed by atoms with Gasteiger partial charge >= 0.3 is 0 Å². The molecule has 2 atom stereocenters. The normalized spacial score (nSPS) is 14.3. The van der Waals surface area contributed by atoms with Crippen molar-refractivity contribution in [3.8, 4) is 6.07 Å². The standard InChI is InChI=1S/C12H15BrN2/c1-9(7-8-14)15-10(2)11-3-5-12(13)6-4-11/h3-6,9-10,15H,7H2,1-2H3/t9?,10-/m0/s1. The summed E-state index contributed by atoms with van der Waals surface area (Å²) < 4.78 is 1.09. The Bertz CT molecular complexity index is 340. The van der Waals surface area contributed by atoms with Crippen molar-refractivity contribution in [2.75, 3.05) is 0 Å². The van der Waals surface area contributed by atoms with Crippen molar-refractivity contribution in [3.63, 3.8) is 0 Å². The molecule has 0 aliphatic carbocycles. The molecule has 0 amide bonds. The average molecular weight is 267 g/mol. The third-order valence-electron chi connectivity index (χ3n) is 2.30. The molecule has 0 fully saturated rings. The Morgan fingerprint density at radius 1 is 1.33 bits per heavy atom. The predicted molar refractivity (Wildman–Crippen MR) is 65.4 cm³/mol. The van der Waals surface area contributed by atoms with E-state index >= 15 is 0 Å². The van der Waals surface area contributed by atoms with Crippen molar-refractivity contribution in [2.45, 2.75) is 32.4 Å². The van der Waals surface area contributed by atoms with Gasteiger partial charge in [-0.25, -0.2) is 0 Å². The summed E-state index contributed by atoms with van der Waals surface area (Å²) in [5, 5.41) is 11.9. The number of nitriles is 1. The highest BCUT2D eigenvalue weighted by atomic mass is 79.9. The van der Waals surface area contributed by atoms with Gasteiger partial charge in [-0.3, -0.25) is 0 Å². The van der Waals surface area contributed by atoms with Gasteiger partial charge in [0.25, 0.3) is 0 Å². The first-order valence-corrected chi connectivity index (χ1v) is 5.81. The topological polar surface area (TPSA) is 35.8 Å². The number of hydrogen-bond donors (Lipinski definition) is 1. The lowest BCUT2D eigenvalue weighted by Crippen LogP contribution is -2.28. The molecular formula is C12H15BrN2. The summed E-state index contributed by atoms with van der Waals surface area (Å²) in [4.78, 5) is 0. The van der Waals surface area contributed by atoms with Crippen LogP contribution in [0, 0.1) is 11.3 Å². The molecule has 1 aromatic rings. The van der Waals surface area contributed by atoms with E-state index in [9.17, 15) is 0 Å². The molecule has 0 radical (unpaired) electrons. The minimum absolute atomic E-state index is 0.230. The molecule has 1 aromatic carbocycles. The second-order valence-corrected chi connectivity index (χ2v) is 4.62. The third-order valence-corrected chi connectivity index (χ3v) is 2.83. The van der Waals surface area contributed by atoms with Crippen LogP contribution in [0.15, 0.2) is 28.7 Å². The molecule has 0 bridgehead atoms. The summed E-state index contributed by atoms with van der Waals surface area (Å²) >= 11 is 3.41. The van der Waals surface area contributed by atoms with E-state index < -0.39 is 0 Å². The predicted octanol–water partition coefficient (Wildman–Crippen LogP) is 3.40. The SMILES string of the molecule is CC(CC#N)N[C@@H](C)c1ccc(Br)cc1. The third kappa shape index (κ3) is 4.03. The maximum Gasteiger partial charge on any atom is 0.0638 e. The van der Waals surface area contributed by atoms with Gasteiger partial charge in [-0.1, -0.05) is 28.1 Å². The van der Waals surface area contributed by atoms with Crippen LogP contribution in [-0.4, -0.2) is 6.04 Å². The number of rotatable bonds is 4. The van der Waals surface area contributed by atoms with E-state index in [-0.39, 0.29) is 12.1 Å². The van der Waals surface area contributed by atoms with Crippen LogP contribution in [0.25, 0.3) is 0 Å². The highest BCUT2D eigenvalue weighted by Crippen LogP contribution is 2.17. The van der Waals surface area contributed by atoms with Crippen molar-refractivity contribution >= 4 is 15.9 Å². The van der Waals surface area contributed by atoms with Gasteiger partial charge in [0.15, 0.2) is 0 Å². The van der Waals surface area contributed by atoms with Gasteiger partial charge in [-0.15, -0.1) is 0 Å². The van der Waals surface area contributed by atoms with Crippen molar-refractivity contribution in [2.24, 2.45) is 0 Å². The van der Waals surface area contributed by atoms with Gasteiger partial charge in [0.1, 0.15) is 0 Å². The van der Waals surface area contributed by atoms with Crippen molar-refractivity contribution in [1.82, 2.24) is 5.32 Å². The van der Waals surface area contributed by atoms with Crippen LogP contribution >= 0.6 is 15.9 Å². The minimum Gasteiger partial charge on any atom is -0.307 e. The van der Waals surface area contributed by atoms with Gasteiger partial charge in [0.2, 0.25) is 0 Å². The quantitative estimate of drug-likeness (QED) is 0.907. The van der Waals surface area contributed by atoms with Crippen LogP contribution in [0.5, 0.6) is 0 Å². The molecule has 0 saturated carbocycles. The molecule has 2 nitrogen and oxygen atoms in total. The van der Waals surface area contributed by atoms with Gasteiger partial charge in [-0.2, -0.15) is 5.26 Å². The van der Waals surface area contributed by atoms with Crippen LogP contribution in [0.4, 0.5) is 0 Å². The average Bonchev–Trinajstić information content (AvgIpc) is 2.18. The Morgan fingerprint density at radius 3 is 2.47 bits per heavy atom. The van der Waals surface area contributed by atoms with Crippen molar-refractivity contribution in [1.29, 1.82) is 5.26 Å². The van der Waals surface area contributed by atoms with Crippen molar-refractivity contribution < 1.29 is 0 Å². The number of hydrogen-bond acceptors (Lipinski definition) is 2. The summed E-state index contributed by atoms with van der Waals surface area (Å²) in [6.07, 6.45) is 0.543. The largest absolute Gasteiger partial charge is 0.307 e. The second-order valence-electron chi connectivity index (χ2n) is 3.70. The molecule has 1 rings (SSSR count). The minimum atomic E-state index is 0.230. The van der Waals surface area contributed by atoms with E-state index in [1.54, 1.807) is 0 Å². The number of nitrogens with one attached hydrogen (secondary N) is 1.